The van der Waals surface area contributed by atoms with Crippen molar-refractivity contribution >= 4 is 16.6 Å². The van der Waals surface area contributed by atoms with Crippen LogP contribution in [0.3, 0.4) is 0 Å². The molecule has 0 aliphatic rings. The Labute approximate surface area is 239 Å². The molecule has 38 heavy (non-hydrogen) atoms. The smallest absolute Gasteiger partial charge is 0.155 e. The van der Waals surface area contributed by atoms with Gasteiger partial charge in [-0.3, -0.25) is 4.79 Å². The normalized spacial score (nSPS) is 11.8. The Morgan fingerprint density at radius 3 is 2.03 bits per heavy atom. The summed E-state index contributed by atoms with van der Waals surface area (Å²) in [7, 11) is 0. The SMILES string of the molecule is CC(=O)C=C(C)O.CC(C)(C)c1nc(-c2cc[c-]c(-c3nccc4ccccc34)c2)nc(C(C)(C)C)n1.[Ir]. The van der Waals surface area contributed by atoms with Crippen LogP contribution in [0.15, 0.2) is 66.6 Å². The molecule has 1 radical (unpaired) electrons. The molecule has 2 aromatic heterocycles. The van der Waals surface area contributed by atoms with E-state index >= 15 is 0 Å². The number of pyridine rings is 1. The van der Waals surface area contributed by atoms with Gasteiger partial charge in [-0.2, -0.15) is 0 Å². The summed E-state index contributed by atoms with van der Waals surface area (Å²) < 4.78 is 0. The van der Waals surface area contributed by atoms with Crippen LogP contribution in [0.25, 0.3) is 33.4 Å². The number of benzene rings is 2. The van der Waals surface area contributed by atoms with Gasteiger partial charge in [-0.25, -0.2) is 15.0 Å². The maximum Gasteiger partial charge on any atom is 0.155 e. The van der Waals surface area contributed by atoms with Crippen molar-refractivity contribution in [1.82, 2.24) is 19.9 Å². The first kappa shape index (κ1) is 30.9. The maximum absolute atomic E-state index is 10.0. The van der Waals surface area contributed by atoms with Crippen molar-refractivity contribution < 1.29 is 30.0 Å². The van der Waals surface area contributed by atoms with E-state index in [1.54, 1.807) is 0 Å². The number of aliphatic hydroxyl groups is 1. The van der Waals surface area contributed by atoms with E-state index in [0.717, 1.165) is 39.2 Å². The molecule has 0 saturated carbocycles. The number of carbonyl (C=O) groups excluding carboxylic acids is 1. The number of aliphatic hydroxyl groups excluding tert-OH is 1. The first-order chi connectivity index (χ1) is 17.3. The van der Waals surface area contributed by atoms with Gasteiger partial charge in [0.25, 0.3) is 0 Å². The van der Waals surface area contributed by atoms with Crippen molar-refractivity contribution in [3.63, 3.8) is 0 Å². The molecule has 0 aliphatic carbocycles. The van der Waals surface area contributed by atoms with Crippen molar-refractivity contribution in [3.8, 4) is 22.6 Å². The van der Waals surface area contributed by atoms with E-state index in [1.807, 2.05) is 36.5 Å². The first-order valence-corrected chi connectivity index (χ1v) is 12.3. The van der Waals surface area contributed by atoms with E-state index in [9.17, 15) is 4.79 Å². The Morgan fingerprint density at radius 1 is 0.895 bits per heavy atom. The third kappa shape index (κ3) is 8.11. The van der Waals surface area contributed by atoms with Crippen LogP contribution in [0.1, 0.15) is 67.0 Å². The van der Waals surface area contributed by atoms with E-state index in [2.05, 4.69) is 70.8 Å². The summed E-state index contributed by atoms with van der Waals surface area (Å²) in [5.74, 6) is 2.23. The second kappa shape index (κ2) is 12.5. The molecule has 0 aliphatic heterocycles. The fourth-order valence-corrected chi connectivity index (χ4v) is 3.55. The van der Waals surface area contributed by atoms with Crippen molar-refractivity contribution in [2.75, 3.05) is 0 Å². The third-order valence-corrected chi connectivity index (χ3v) is 5.38. The predicted octanol–water partition coefficient (Wildman–Crippen LogP) is 7.18. The number of allylic oxidation sites excluding steroid dienone is 2. The number of hydrogen-bond acceptors (Lipinski definition) is 6. The molecule has 0 atom stereocenters. The van der Waals surface area contributed by atoms with Crippen LogP contribution in [0.5, 0.6) is 0 Å². The van der Waals surface area contributed by atoms with Crippen molar-refractivity contribution in [2.45, 2.75) is 66.2 Å². The molecule has 1 N–H and O–H groups in total. The molecule has 0 unspecified atom stereocenters. The van der Waals surface area contributed by atoms with Gasteiger partial charge in [-0.15, -0.1) is 29.8 Å². The van der Waals surface area contributed by atoms with Gasteiger partial charge in [0.15, 0.2) is 5.78 Å². The molecule has 0 fully saturated rings. The van der Waals surface area contributed by atoms with E-state index in [4.69, 9.17) is 20.1 Å². The van der Waals surface area contributed by atoms with Gasteiger partial charge in [0.2, 0.25) is 0 Å². The zero-order chi connectivity index (χ0) is 27.4. The number of aromatic nitrogens is 4. The van der Waals surface area contributed by atoms with Crippen LogP contribution >= 0.6 is 0 Å². The third-order valence-electron chi connectivity index (χ3n) is 5.38. The standard InChI is InChI=1S/C26H27N4.C5H8O2.Ir/c1-25(2,3)23-28-22(29-24(30-23)26(4,5)6)19-12-9-11-18(16-19)21-20-13-8-7-10-17(20)14-15-27-21;1-4(6)3-5(2)7;/h7-10,12-16H,1-6H3;3,6H,1-2H3;/q-1;;. The molecule has 0 bridgehead atoms. The zero-order valence-electron chi connectivity index (χ0n) is 23.3. The molecule has 0 amide bonds. The average molecular weight is 688 g/mol. The van der Waals surface area contributed by atoms with E-state index in [0.29, 0.717) is 5.82 Å². The van der Waals surface area contributed by atoms with Gasteiger partial charge in [0.1, 0.15) is 17.5 Å². The van der Waals surface area contributed by atoms with Crippen LogP contribution in [0.2, 0.25) is 0 Å². The average Bonchev–Trinajstić information content (AvgIpc) is 2.82. The number of ketones is 1. The predicted molar refractivity (Wildman–Crippen MR) is 149 cm³/mol. The van der Waals surface area contributed by atoms with Crippen molar-refractivity contribution in [3.05, 3.63) is 84.3 Å². The van der Waals surface area contributed by atoms with Crippen LogP contribution in [0.4, 0.5) is 0 Å². The van der Waals surface area contributed by atoms with Gasteiger partial charge in [-0.1, -0.05) is 71.4 Å². The van der Waals surface area contributed by atoms with E-state index < -0.39 is 0 Å². The molecule has 0 spiro atoms. The topological polar surface area (TPSA) is 88.9 Å². The maximum atomic E-state index is 10.0. The number of carbonyl (C=O) groups is 1. The minimum atomic E-state index is -0.168. The minimum absolute atomic E-state index is 0. The van der Waals surface area contributed by atoms with Crippen LogP contribution in [-0.4, -0.2) is 30.8 Å². The number of hydrogen-bond donors (Lipinski definition) is 1. The zero-order valence-corrected chi connectivity index (χ0v) is 25.6. The number of nitrogens with zero attached hydrogens (tertiary/aromatic N) is 4. The van der Waals surface area contributed by atoms with Gasteiger partial charge in [0, 0.05) is 43.2 Å². The summed E-state index contributed by atoms with van der Waals surface area (Å²) >= 11 is 0. The summed E-state index contributed by atoms with van der Waals surface area (Å²) in [6, 6.07) is 19.6. The summed E-state index contributed by atoms with van der Waals surface area (Å²) in [4.78, 5) is 29.1. The van der Waals surface area contributed by atoms with Crippen LogP contribution in [-0.2, 0) is 35.7 Å². The molecular weight excluding hydrogens is 653 g/mol. The van der Waals surface area contributed by atoms with E-state index in [1.165, 1.54) is 19.9 Å². The summed E-state index contributed by atoms with van der Waals surface area (Å²) in [5, 5.41) is 10.6. The Hall–Kier alpha value is -3.28. The second-order valence-corrected chi connectivity index (χ2v) is 11.1. The Bertz CT molecular complexity index is 1410. The monoisotopic (exact) mass is 688 g/mol. The summed E-state index contributed by atoms with van der Waals surface area (Å²) in [6.07, 6.45) is 3.01. The second-order valence-electron chi connectivity index (χ2n) is 11.1. The molecule has 2 heterocycles. The molecular formula is C31H35IrN4O2-. The minimum Gasteiger partial charge on any atom is -0.512 e. The Balaban J connectivity index is 0.000000561. The molecule has 2 aromatic carbocycles. The van der Waals surface area contributed by atoms with Crippen molar-refractivity contribution in [2.24, 2.45) is 0 Å². The Kier molecular flexibility index (Phi) is 10.2. The molecule has 201 valence electrons. The quantitative estimate of drug-likeness (QED) is 0.140. The van der Waals surface area contributed by atoms with Crippen LogP contribution in [0, 0.1) is 6.07 Å². The Morgan fingerprint density at radius 2 is 1.50 bits per heavy atom. The first-order valence-electron chi connectivity index (χ1n) is 12.3. The molecule has 4 rings (SSSR count). The van der Waals surface area contributed by atoms with Crippen LogP contribution < -0.4 is 0 Å². The van der Waals surface area contributed by atoms with Gasteiger partial charge < -0.3 is 10.1 Å². The van der Waals surface area contributed by atoms with Crippen molar-refractivity contribution in [1.29, 1.82) is 0 Å². The fourth-order valence-electron chi connectivity index (χ4n) is 3.55. The largest absolute Gasteiger partial charge is 0.512 e. The summed E-state index contributed by atoms with van der Waals surface area (Å²) in [5.41, 5.74) is 2.45. The fraction of sp³-hybridized carbons (Fsp3) is 0.323. The van der Waals surface area contributed by atoms with E-state index in [-0.39, 0.29) is 42.5 Å². The van der Waals surface area contributed by atoms with Gasteiger partial charge >= 0.3 is 0 Å². The number of rotatable bonds is 3. The van der Waals surface area contributed by atoms with Gasteiger partial charge in [-0.05, 0) is 36.4 Å². The molecule has 6 nitrogen and oxygen atoms in total. The molecule has 7 heteroatoms. The molecule has 4 aromatic rings. The van der Waals surface area contributed by atoms with Gasteiger partial charge in [0.05, 0.1) is 5.76 Å². The summed E-state index contributed by atoms with van der Waals surface area (Å²) in [6.45, 7) is 15.6. The molecule has 0 saturated heterocycles. The number of fused-ring (bicyclic) bond motifs is 1.